The van der Waals surface area contributed by atoms with Gasteiger partial charge in [0, 0.05) is 37.1 Å². The third-order valence-electron chi connectivity index (χ3n) is 5.10. The topological polar surface area (TPSA) is 91.6 Å². The molecule has 0 radical (unpaired) electrons. The number of nitrogens with zero attached hydrogens (tertiary/aromatic N) is 2. The number of piperidine rings is 1. The van der Waals surface area contributed by atoms with Crippen molar-refractivity contribution in [2.45, 2.75) is 51.6 Å². The van der Waals surface area contributed by atoms with Gasteiger partial charge in [0.1, 0.15) is 0 Å². The van der Waals surface area contributed by atoms with Gasteiger partial charge in [-0.2, -0.15) is 0 Å². The van der Waals surface area contributed by atoms with Gasteiger partial charge < -0.3 is 19.9 Å². The molecule has 1 saturated carbocycles. The SMILES string of the molecule is CC(C)(C)n1ccc(C(=O)N2C[C@@H](C(=O)O)C[C@@H](C(=O)NC3CC3)C2)c1. The highest BCUT2D eigenvalue weighted by Gasteiger charge is 2.38. The Hall–Kier alpha value is -2.31. The summed E-state index contributed by atoms with van der Waals surface area (Å²) in [7, 11) is 0. The van der Waals surface area contributed by atoms with Crippen molar-refractivity contribution in [3.05, 3.63) is 24.0 Å². The van der Waals surface area contributed by atoms with E-state index in [1.54, 1.807) is 12.3 Å². The lowest BCUT2D eigenvalue weighted by molar-refractivity contribution is -0.144. The van der Waals surface area contributed by atoms with Crippen LogP contribution in [0.5, 0.6) is 0 Å². The molecule has 0 unspecified atom stereocenters. The number of carboxylic acid groups (broad SMARTS) is 1. The van der Waals surface area contributed by atoms with Gasteiger partial charge in [-0.05, 0) is 46.1 Å². The summed E-state index contributed by atoms with van der Waals surface area (Å²) in [5.74, 6) is -2.50. The van der Waals surface area contributed by atoms with Crippen LogP contribution < -0.4 is 5.32 Å². The summed E-state index contributed by atoms with van der Waals surface area (Å²) in [4.78, 5) is 38.3. The fourth-order valence-electron chi connectivity index (χ4n) is 3.30. The molecule has 1 aliphatic carbocycles. The molecule has 142 valence electrons. The smallest absolute Gasteiger partial charge is 0.308 e. The maximum atomic E-state index is 12.9. The number of nitrogens with one attached hydrogen (secondary N) is 1. The molecule has 2 aliphatic rings. The standard InChI is InChI=1S/C19H27N3O4/c1-19(2,3)22-7-6-12(11-22)17(24)21-9-13(8-14(10-21)18(25)26)16(23)20-15-4-5-15/h6-7,11,13-15H,4-5,8-10H2,1-3H3,(H,20,23)(H,25,26)/t13-,14+/m1/s1. The van der Waals surface area contributed by atoms with Crippen LogP contribution in [-0.2, 0) is 15.1 Å². The van der Waals surface area contributed by atoms with Gasteiger partial charge in [-0.1, -0.05) is 0 Å². The number of carbonyl (C=O) groups excluding carboxylic acids is 2. The first kappa shape index (κ1) is 18.5. The van der Waals surface area contributed by atoms with E-state index in [-0.39, 0.29) is 42.9 Å². The first-order valence-electron chi connectivity index (χ1n) is 9.16. The van der Waals surface area contributed by atoms with Crippen LogP contribution >= 0.6 is 0 Å². The van der Waals surface area contributed by atoms with E-state index in [1.165, 1.54) is 4.90 Å². The molecule has 1 aliphatic heterocycles. The molecule has 0 aromatic carbocycles. The fraction of sp³-hybridized carbons (Fsp3) is 0.632. The summed E-state index contributed by atoms with van der Waals surface area (Å²) in [5, 5.41) is 12.4. The molecule has 1 aromatic heterocycles. The zero-order valence-corrected chi connectivity index (χ0v) is 15.6. The number of aliphatic carboxylic acids is 1. The van der Waals surface area contributed by atoms with Crippen molar-refractivity contribution in [2.75, 3.05) is 13.1 Å². The minimum atomic E-state index is -0.959. The molecule has 1 saturated heterocycles. The van der Waals surface area contributed by atoms with Crippen LogP contribution in [0.2, 0.25) is 0 Å². The Morgan fingerprint density at radius 2 is 1.81 bits per heavy atom. The third-order valence-corrected chi connectivity index (χ3v) is 5.10. The van der Waals surface area contributed by atoms with Gasteiger partial charge in [-0.25, -0.2) is 0 Å². The van der Waals surface area contributed by atoms with Crippen LogP contribution in [0, 0.1) is 11.8 Å². The Balaban J connectivity index is 1.75. The lowest BCUT2D eigenvalue weighted by atomic mass is 9.88. The highest BCUT2D eigenvalue weighted by Crippen LogP contribution is 2.27. The zero-order chi connectivity index (χ0) is 19.1. The van der Waals surface area contributed by atoms with E-state index in [0.717, 1.165) is 12.8 Å². The molecule has 2 N–H and O–H groups in total. The first-order valence-corrected chi connectivity index (χ1v) is 9.16. The fourth-order valence-corrected chi connectivity index (χ4v) is 3.30. The molecule has 2 atom stereocenters. The van der Waals surface area contributed by atoms with Crippen LogP contribution in [0.1, 0.15) is 50.4 Å². The van der Waals surface area contributed by atoms with Crippen LogP contribution in [0.4, 0.5) is 0 Å². The minimum absolute atomic E-state index is 0.136. The molecule has 7 nitrogen and oxygen atoms in total. The molecule has 7 heteroatoms. The van der Waals surface area contributed by atoms with Crippen molar-refractivity contribution in [3.8, 4) is 0 Å². The van der Waals surface area contributed by atoms with E-state index in [1.807, 2.05) is 31.5 Å². The predicted molar refractivity (Wildman–Crippen MR) is 95.7 cm³/mol. The van der Waals surface area contributed by atoms with Crippen molar-refractivity contribution in [2.24, 2.45) is 11.8 Å². The van der Waals surface area contributed by atoms with Gasteiger partial charge in [-0.3, -0.25) is 14.4 Å². The highest BCUT2D eigenvalue weighted by molar-refractivity contribution is 5.95. The molecule has 26 heavy (non-hydrogen) atoms. The van der Waals surface area contributed by atoms with Crippen molar-refractivity contribution in [1.29, 1.82) is 0 Å². The third kappa shape index (κ3) is 4.08. The lowest BCUT2D eigenvalue weighted by Crippen LogP contribution is -2.50. The normalized spacial score (nSPS) is 23.6. The van der Waals surface area contributed by atoms with Crippen molar-refractivity contribution in [1.82, 2.24) is 14.8 Å². The average molecular weight is 361 g/mol. The van der Waals surface area contributed by atoms with Gasteiger partial charge in [0.2, 0.25) is 5.91 Å². The number of likely N-dealkylation sites (tertiary alicyclic amines) is 1. The van der Waals surface area contributed by atoms with Crippen molar-refractivity contribution in [3.63, 3.8) is 0 Å². The summed E-state index contributed by atoms with van der Waals surface area (Å²) < 4.78 is 1.95. The summed E-state index contributed by atoms with van der Waals surface area (Å²) in [5.41, 5.74) is 0.379. The van der Waals surface area contributed by atoms with Crippen LogP contribution in [0.15, 0.2) is 18.5 Å². The summed E-state index contributed by atoms with van der Waals surface area (Å²) in [6.07, 6.45) is 5.86. The van der Waals surface area contributed by atoms with E-state index in [2.05, 4.69) is 5.32 Å². The Morgan fingerprint density at radius 1 is 1.15 bits per heavy atom. The number of aromatic nitrogens is 1. The van der Waals surface area contributed by atoms with Gasteiger partial charge in [0.25, 0.3) is 5.91 Å². The zero-order valence-electron chi connectivity index (χ0n) is 15.6. The second-order valence-electron chi connectivity index (χ2n) is 8.44. The van der Waals surface area contributed by atoms with E-state index in [9.17, 15) is 19.5 Å². The van der Waals surface area contributed by atoms with Crippen LogP contribution in [0.3, 0.4) is 0 Å². The molecule has 0 spiro atoms. The monoisotopic (exact) mass is 361 g/mol. The number of carboxylic acids is 1. The molecular weight excluding hydrogens is 334 g/mol. The lowest BCUT2D eigenvalue weighted by Gasteiger charge is -2.35. The second kappa shape index (κ2) is 6.78. The maximum Gasteiger partial charge on any atom is 0.308 e. The van der Waals surface area contributed by atoms with E-state index < -0.39 is 17.8 Å². The second-order valence-corrected chi connectivity index (χ2v) is 8.44. The average Bonchev–Trinajstić information content (AvgIpc) is 3.23. The molecule has 1 aromatic rings. The van der Waals surface area contributed by atoms with Crippen molar-refractivity contribution >= 4 is 17.8 Å². The number of hydrogen-bond acceptors (Lipinski definition) is 3. The number of amides is 2. The minimum Gasteiger partial charge on any atom is -0.481 e. The maximum absolute atomic E-state index is 12.9. The molecule has 2 amide bonds. The Bertz CT molecular complexity index is 715. The Kier molecular flexibility index (Phi) is 4.82. The summed E-state index contributed by atoms with van der Waals surface area (Å²) in [6.45, 7) is 6.53. The predicted octanol–water partition coefficient (Wildman–Crippen LogP) is 1.68. The molecule has 0 bridgehead atoms. The van der Waals surface area contributed by atoms with E-state index in [0.29, 0.717) is 5.56 Å². The van der Waals surface area contributed by atoms with Gasteiger partial charge in [0.05, 0.1) is 17.4 Å². The molecule has 2 heterocycles. The largest absolute Gasteiger partial charge is 0.481 e. The van der Waals surface area contributed by atoms with Crippen LogP contribution in [0.25, 0.3) is 0 Å². The number of hydrogen-bond donors (Lipinski definition) is 2. The van der Waals surface area contributed by atoms with Gasteiger partial charge in [0.15, 0.2) is 0 Å². The van der Waals surface area contributed by atoms with Gasteiger partial charge in [-0.15, -0.1) is 0 Å². The Labute approximate surface area is 153 Å². The molecule has 3 rings (SSSR count). The Morgan fingerprint density at radius 3 is 2.35 bits per heavy atom. The summed E-state index contributed by atoms with van der Waals surface area (Å²) >= 11 is 0. The summed E-state index contributed by atoms with van der Waals surface area (Å²) in [6, 6.07) is 1.97. The van der Waals surface area contributed by atoms with Crippen molar-refractivity contribution < 1.29 is 19.5 Å². The van der Waals surface area contributed by atoms with E-state index >= 15 is 0 Å². The quantitative estimate of drug-likeness (QED) is 0.854. The molecular formula is C19H27N3O4. The molecule has 2 fully saturated rings. The van der Waals surface area contributed by atoms with Gasteiger partial charge >= 0.3 is 5.97 Å². The number of rotatable bonds is 4. The highest BCUT2D eigenvalue weighted by atomic mass is 16.4. The first-order chi connectivity index (χ1) is 12.1. The number of carbonyl (C=O) groups is 3. The van der Waals surface area contributed by atoms with Crippen LogP contribution in [-0.4, -0.2) is 51.5 Å². The van der Waals surface area contributed by atoms with E-state index in [4.69, 9.17) is 0 Å².